The van der Waals surface area contributed by atoms with Crippen molar-refractivity contribution in [1.82, 2.24) is 15.1 Å². The van der Waals surface area contributed by atoms with Crippen LogP contribution in [0.4, 0.5) is 0 Å². The number of rotatable bonds is 9. The second-order valence-corrected chi connectivity index (χ2v) is 7.86. The lowest BCUT2D eigenvalue weighted by atomic mass is 10.0. The Morgan fingerprint density at radius 3 is 2.30 bits per heavy atom. The highest BCUT2D eigenvalue weighted by molar-refractivity contribution is 5.78. The lowest BCUT2D eigenvalue weighted by Crippen LogP contribution is -2.49. The van der Waals surface area contributed by atoms with Crippen molar-refractivity contribution < 1.29 is 14.3 Å². The van der Waals surface area contributed by atoms with Crippen molar-refractivity contribution in [3.63, 3.8) is 0 Å². The molecule has 1 N–H and O–H groups in total. The molecule has 1 aliphatic rings. The van der Waals surface area contributed by atoms with E-state index in [1.54, 1.807) is 14.2 Å². The van der Waals surface area contributed by atoms with Gasteiger partial charge in [0.1, 0.15) is 0 Å². The number of nitrogens with one attached hydrogen (secondary N) is 1. The van der Waals surface area contributed by atoms with Crippen LogP contribution in [0.25, 0.3) is 0 Å². The minimum atomic E-state index is 0.103. The zero-order valence-electron chi connectivity index (χ0n) is 18.3. The van der Waals surface area contributed by atoms with Gasteiger partial charge in [-0.15, -0.1) is 0 Å². The molecule has 6 heteroatoms. The summed E-state index contributed by atoms with van der Waals surface area (Å²) in [6.07, 6.45) is 0. The van der Waals surface area contributed by atoms with Gasteiger partial charge in [-0.05, 0) is 29.2 Å². The van der Waals surface area contributed by atoms with Crippen LogP contribution in [0.15, 0.2) is 48.5 Å². The van der Waals surface area contributed by atoms with Crippen LogP contribution in [0.2, 0.25) is 0 Å². The highest BCUT2D eigenvalue weighted by Crippen LogP contribution is 2.28. The van der Waals surface area contributed by atoms with E-state index in [0.717, 1.165) is 44.2 Å². The van der Waals surface area contributed by atoms with Gasteiger partial charge in [0.25, 0.3) is 0 Å². The van der Waals surface area contributed by atoms with Gasteiger partial charge < -0.3 is 14.8 Å². The fourth-order valence-corrected chi connectivity index (χ4v) is 3.77. The van der Waals surface area contributed by atoms with E-state index in [2.05, 4.69) is 40.2 Å². The highest BCUT2D eigenvalue weighted by atomic mass is 16.5. The third-order valence-corrected chi connectivity index (χ3v) is 5.66. The van der Waals surface area contributed by atoms with Gasteiger partial charge in [0, 0.05) is 39.3 Å². The molecule has 6 nitrogen and oxygen atoms in total. The van der Waals surface area contributed by atoms with Gasteiger partial charge in [0.15, 0.2) is 11.5 Å². The summed E-state index contributed by atoms with van der Waals surface area (Å²) in [4.78, 5) is 17.0. The predicted molar refractivity (Wildman–Crippen MR) is 119 cm³/mol. The highest BCUT2D eigenvalue weighted by Gasteiger charge is 2.19. The molecule has 1 amide bonds. The van der Waals surface area contributed by atoms with Crippen LogP contribution >= 0.6 is 0 Å². The summed E-state index contributed by atoms with van der Waals surface area (Å²) < 4.78 is 10.7. The molecule has 0 aromatic heterocycles. The van der Waals surface area contributed by atoms with Gasteiger partial charge in [0.2, 0.25) is 5.91 Å². The van der Waals surface area contributed by atoms with Crippen molar-refractivity contribution >= 4 is 5.91 Å². The lowest BCUT2D eigenvalue weighted by molar-refractivity contribution is -0.122. The first-order valence-corrected chi connectivity index (χ1v) is 10.6. The Bertz CT molecular complexity index is 805. The zero-order valence-corrected chi connectivity index (χ0v) is 18.3. The van der Waals surface area contributed by atoms with E-state index in [-0.39, 0.29) is 5.91 Å². The van der Waals surface area contributed by atoms with Gasteiger partial charge in [-0.1, -0.05) is 43.3 Å². The molecular formula is C24H33N3O3. The first-order valence-electron chi connectivity index (χ1n) is 10.6. The van der Waals surface area contributed by atoms with Crippen LogP contribution < -0.4 is 14.8 Å². The van der Waals surface area contributed by atoms with Crippen LogP contribution in [-0.2, 0) is 11.3 Å². The molecule has 1 heterocycles. The van der Waals surface area contributed by atoms with Crippen molar-refractivity contribution in [2.45, 2.75) is 19.4 Å². The molecule has 3 rings (SSSR count). The Morgan fingerprint density at radius 1 is 0.967 bits per heavy atom. The summed E-state index contributed by atoms with van der Waals surface area (Å²) in [5, 5.41) is 3.08. The fraction of sp³-hybridized carbons (Fsp3) is 0.458. The summed E-state index contributed by atoms with van der Waals surface area (Å²) in [5.74, 6) is 1.92. The van der Waals surface area contributed by atoms with E-state index < -0.39 is 0 Å². The van der Waals surface area contributed by atoms with Crippen molar-refractivity contribution in [2.24, 2.45) is 0 Å². The number of benzene rings is 2. The number of methoxy groups -OCH3 is 2. The number of amides is 1. The minimum Gasteiger partial charge on any atom is -0.493 e. The predicted octanol–water partition coefficient (Wildman–Crippen LogP) is 2.74. The van der Waals surface area contributed by atoms with Gasteiger partial charge >= 0.3 is 0 Å². The molecule has 30 heavy (non-hydrogen) atoms. The third kappa shape index (κ3) is 6.21. The maximum atomic E-state index is 12.4. The minimum absolute atomic E-state index is 0.103. The summed E-state index contributed by atoms with van der Waals surface area (Å²) >= 11 is 0. The van der Waals surface area contributed by atoms with Crippen LogP contribution in [0.3, 0.4) is 0 Å². The monoisotopic (exact) mass is 411 g/mol. The lowest BCUT2D eigenvalue weighted by Gasteiger charge is -2.34. The van der Waals surface area contributed by atoms with E-state index in [1.807, 2.05) is 30.3 Å². The Kier molecular flexibility index (Phi) is 8.11. The zero-order chi connectivity index (χ0) is 21.3. The van der Waals surface area contributed by atoms with Crippen LogP contribution in [0.1, 0.15) is 24.0 Å². The molecule has 0 spiro atoms. The molecule has 1 saturated heterocycles. The average molecular weight is 412 g/mol. The Balaban J connectivity index is 1.39. The summed E-state index contributed by atoms with van der Waals surface area (Å²) in [6.45, 7) is 7.83. The molecule has 0 bridgehead atoms. The van der Waals surface area contributed by atoms with Crippen molar-refractivity contribution in [1.29, 1.82) is 0 Å². The number of nitrogens with zero attached hydrogens (tertiary/aromatic N) is 2. The SMILES string of the molecule is COc1ccc(CN2CCN(CC(=O)NC[C@@H](C)c3ccccc3)CC2)cc1OC. The first-order chi connectivity index (χ1) is 14.6. The van der Waals surface area contributed by atoms with Crippen molar-refractivity contribution in [3.05, 3.63) is 59.7 Å². The second kappa shape index (κ2) is 11.0. The maximum absolute atomic E-state index is 12.4. The molecule has 0 aliphatic carbocycles. The fourth-order valence-electron chi connectivity index (χ4n) is 3.77. The van der Waals surface area contributed by atoms with Crippen molar-refractivity contribution in [3.8, 4) is 11.5 Å². The quantitative estimate of drug-likeness (QED) is 0.688. The molecule has 0 saturated carbocycles. The molecule has 162 valence electrons. The van der Waals surface area contributed by atoms with Crippen LogP contribution in [-0.4, -0.2) is 69.2 Å². The number of hydrogen-bond acceptors (Lipinski definition) is 5. The normalized spacial score (nSPS) is 16.1. The first kappa shape index (κ1) is 22.1. The standard InChI is InChI=1S/C24H33N3O3/c1-19(21-7-5-4-6-8-21)16-25-24(28)18-27-13-11-26(12-14-27)17-20-9-10-22(29-2)23(15-20)30-3/h4-10,15,19H,11-14,16-18H2,1-3H3,(H,25,28)/t19-/m1/s1. The van der Waals surface area contributed by atoms with E-state index in [4.69, 9.17) is 9.47 Å². The summed E-state index contributed by atoms with van der Waals surface area (Å²) in [5.41, 5.74) is 2.45. The van der Waals surface area contributed by atoms with Gasteiger partial charge in [-0.3, -0.25) is 14.6 Å². The van der Waals surface area contributed by atoms with E-state index in [0.29, 0.717) is 19.0 Å². The number of carbonyl (C=O) groups is 1. The summed E-state index contributed by atoms with van der Waals surface area (Å²) in [7, 11) is 3.31. The average Bonchev–Trinajstić information content (AvgIpc) is 2.79. The second-order valence-electron chi connectivity index (χ2n) is 7.86. The largest absolute Gasteiger partial charge is 0.493 e. The molecule has 1 fully saturated rings. The molecule has 1 aliphatic heterocycles. The van der Waals surface area contributed by atoms with Crippen LogP contribution in [0, 0.1) is 0 Å². The molecule has 0 unspecified atom stereocenters. The van der Waals surface area contributed by atoms with Crippen LogP contribution in [0.5, 0.6) is 11.5 Å². The van der Waals surface area contributed by atoms with E-state index >= 15 is 0 Å². The topological polar surface area (TPSA) is 54.0 Å². The Morgan fingerprint density at radius 2 is 1.63 bits per heavy atom. The van der Waals surface area contributed by atoms with Gasteiger partial charge in [0.05, 0.1) is 20.8 Å². The molecular weight excluding hydrogens is 378 g/mol. The molecule has 2 aromatic rings. The third-order valence-electron chi connectivity index (χ3n) is 5.66. The summed E-state index contributed by atoms with van der Waals surface area (Å²) in [6, 6.07) is 16.4. The molecule has 0 radical (unpaired) electrons. The van der Waals surface area contributed by atoms with E-state index in [9.17, 15) is 4.79 Å². The number of ether oxygens (including phenoxy) is 2. The van der Waals surface area contributed by atoms with Crippen molar-refractivity contribution in [2.75, 3.05) is 53.5 Å². The Labute approximate surface area is 179 Å². The maximum Gasteiger partial charge on any atom is 0.234 e. The molecule has 1 atom stereocenters. The number of hydrogen-bond donors (Lipinski definition) is 1. The smallest absolute Gasteiger partial charge is 0.234 e. The number of carbonyl (C=O) groups excluding carboxylic acids is 1. The van der Waals surface area contributed by atoms with E-state index in [1.165, 1.54) is 11.1 Å². The molecule has 2 aromatic carbocycles. The Hall–Kier alpha value is -2.57. The number of piperazine rings is 1. The van der Waals surface area contributed by atoms with Gasteiger partial charge in [-0.2, -0.15) is 0 Å². The van der Waals surface area contributed by atoms with Gasteiger partial charge in [-0.25, -0.2) is 0 Å².